The molecular formula is C34H54N4O5. The molecule has 0 spiro atoms. The van der Waals surface area contributed by atoms with Crippen LogP contribution >= 0.6 is 0 Å². The van der Waals surface area contributed by atoms with E-state index in [1.54, 1.807) is 18.5 Å². The van der Waals surface area contributed by atoms with Gasteiger partial charge in [0.1, 0.15) is 11.9 Å². The van der Waals surface area contributed by atoms with Crippen molar-refractivity contribution in [2.75, 3.05) is 13.2 Å². The minimum absolute atomic E-state index is 0.0183. The van der Waals surface area contributed by atoms with E-state index in [1.807, 2.05) is 65.1 Å². The van der Waals surface area contributed by atoms with Crippen molar-refractivity contribution < 1.29 is 19.4 Å². The largest absolute Gasteiger partial charge is 0.464 e. The Morgan fingerprint density at radius 1 is 1.09 bits per heavy atom. The molecule has 0 aliphatic rings. The lowest BCUT2D eigenvalue weighted by Gasteiger charge is -2.22. The second-order valence-corrected chi connectivity index (χ2v) is 11.9. The maximum absolute atomic E-state index is 12.6. The predicted octanol–water partition coefficient (Wildman–Crippen LogP) is 5.62. The first-order chi connectivity index (χ1) is 20.4. The fourth-order valence-electron chi connectivity index (χ4n) is 4.92. The number of hydrogen-bond acceptors (Lipinski definition) is 7. The van der Waals surface area contributed by atoms with Gasteiger partial charge in [0.2, 0.25) is 0 Å². The van der Waals surface area contributed by atoms with Crippen molar-refractivity contribution in [2.24, 2.45) is 18.9 Å². The van der Waals surface area contributed by atoms with E-state index < -0.39 is 18.1 Å². The number of aromatic nitrogens is 3. The Labute approximate surface area is 257 Å². The third-order valence-corrected chi connectivity index (χ3v) is 6.93. The number of rotatable bonds is 15. The molecule has 0 aliphatic heterocycles. The van der Waals surface area contributed by atoms with E-state index in [2.05, 4.69) is 30.7 Å². The Bertz CT molecular complexity index is 1330. The minimum atomic E-state index is -0.904. The van der Waals surface area contributed by atoms with Crippen LogP contribution < -0.4 is 10.9 Å². The predicted molar refractivity (Wildman–Crippen MR) is 174 cm³/mol. The lowest BCUT2D eigenvalue weighted by atomic mass is 10.1. The van der Waals surface area contributed by atoms with Gasteiger partial charge in [-0.1, -0.05) is 54.5 Å². The van der Waals surface area contributed by atoms with E-state index in [0.717, 1.165) is 40.8 Å². The van der Waals surface area contributed by atoms with Gasteiger partial charge in [-0.2, -0.15) is 0 Å². The highest BCUT2D eigenvalue weighted by Crippen LogP contribution is 2.27. The standard InChI is InChI=1S/C32H48N4O5.C2H6/c1-9-12-40-26(13-20(2)3)18-36-28-11-10-24(16-33-29(23(7)37)32(39)41-19-21(4)5)15-27(28)34-30(36)25-14-22(6)31(38)35(8)17-25;1-2/h10-11,14-15,17,20-21,23,26,29,33,37H,9,12-13,16,18-19H2,1-8H3;1-2H3. The molecule has 2 N–H and O–H groups in total. The maximum atomic E-state index is 12.6. The van der Waals surface area contributed by atoms with Crippen LogP contribution in [0, 0.1) is 18.8 Å². The number of pyridine rings is 1. The van der Waals surface area contributed by atoms with Crippen molar-refractivity contribution in [2.45, 2.75) is 106 Å². The third-order valence-electron chi connectivity index (χ3n) is 6.93. The lowest BCUT2D eigenvalue weighted by Crippen LogP contribution is -2.45. The lowest BCUT2D eigenvalue weighted by molar-refractivity contribution is -0.150. The van der Waals surface area contributed by atoms with Gasteiger partial charge in [-0.25, -0.2) is 4.98 Å². The number of benzene rings is 1. The topological polar surface area (TPSA) is 108 Å². The number of aliphatic hydroxyl groups excluding tert-OH is 1. The van der Waals surface area contributed by atoms with Crippen LogP contribution in [0.4, 0.5) is 0 Å². The summed E-state index contributed by atoms with van der Waals surface area (Å²) >= 11 is 0. The van der Waals surface area contributed by atoms with E-state index in [-0.39, 0.29) is 17.6 Å². The van der Waals surface area contributed by atoms with Gasteiger partial charge < -0.3 is 23.7 Å². The molecule has 240 valence electrons. The Balaban J connectivity index is 0.00000316. The fraction of sp³-hybridized carbons (Fsp3) is 0.618. The van der Waals surface area contributed by atoms with Gasteiger partial charge in [0.25, 0.3) is 5.56 Å². The van der Waals surface area contributed by atoms with Crippen LogP contribution in [0.5, 0.6) is 0 Å². The monoisotopic (exact) mass is 598 g/mol. The van der Waals surface area contributed by atoms with Crippen molar-refractivity contribution in [1.29, 1.82) is 0 Å². The van der Waals surface area contributed by atoms with E-state index in [9.17, 15) is 14.7 Å². The molecule has 1 aromatic carbocycles. The van der Waals surface area contributed by atoms with Gasteiger partial charge in [0.15, 0.2) is 0 Å². The van der Waals surface area contributed by atoms with E-state index in [1.165, 1.54) is 0 Å². The first kappa shape index (κ1) is 36.2. The van der Waals surface area contributed by atoms with Gasteiger partial charge in [0, 0.05) is 37.5 Å². The molecule has 2 heterocycles. The number of aliphatic hydroxyl groups is 1. The average Bonchev–Trinajstić information content (AvgIpc) is 3.31. The first-order valence-electron chi connectivity index (χ1n) is 15.8. The van der Waals surface area contributed by atoms with Gasteiger partial charge in [0.05, 0.1) is 36.4 Å². The van der Waals surface area contributed by atoms with Gasteiger partial charge in [-0.05, 0) is 62.3 Å². The normalized spacial score (nSPS) is 13.6. The summed E-state index contributed by atoms with van der Waals surface area (Å²) in [6.45, 7) is 19.8. The molecule has 9 heteroatoms. The maximum Gasteiger partial charge on any atom is 0.325 e. The number of nitrogens with zero attached hydrogens (tertiary/aromatic N) is 3. The van der Waals surface area contributed by atoms with Crippen molar-refractivity contribution in [1.82, 2.24) is 19.4 Å². The molecule has 0 bridgehead atoms. The molecule has 0 fully saturated rings. The fourth-order valence-corrected chi connectivity index (χ4v) is 4.92. The number of ether oxygens (including phenoxy) is 2. The summed E-state index contributed by atoms with van der Waals surface area (Å²) in [6.07, 6.45) is 2.81. The highest BCUT2D eigenvalue weighted by atomic mass is 16.5. The molecule has 3 atom stereocenters. The zero-order valence-electron chi connectivity index (χ0n) is 27.9. The summed E-state index contributed by atoms with van der Waals surface area (Å²) in [5, 5.41) is 13.4. The molecule has 0 aliphatic carbocycles. The summed E-state index contributed by atoms with van der Waals surface area (Å²) < 4.78 is 15.4. The Morgan fingerprint density at radius 2 is 1.79 bits per heavy atom. The van der Waals surface area contributed by atoms with Crippen molar-refractivity contribution in [3.05, 3.63) is 51.9 Å². The molecular weight excluding hydrogens is 544 g/mol. The summed E-state index contributed by atoms with van der Waals surface area (Å²) in [5.41, 5.74) is 4.18. The molecule has 43 heavy (non-hydrogen) atoms. The van der Waals surface area contributed by atoms with E-state index >= 15 is 0 Å². The van der Waals surface area contributed by atoms with Crippen LogP contribution in [0.3, 0.4) is 0 Å². The van der Waals surface area contributed by atoms with Gasteiger partial charge in [-0.15, -0.1) is 0 Å². The number of imidazole rings is 1. The van der Waals surface area contributed by atoms with Crippen molar-refractivity contribution in [3.8, 4) is 11.4 Å². The molecule has 0 amide bonds. The number of hydrogen-bond donors (Lipinski definition) is 2. The minimum Gasteiger partial charge on any atom is -0.464 e. The molecule has 0 radical (unpaired) electrons. The Hall–Kier alpha value is -3.01. The van der Waals surface area contributed by atoms with Crippen LogP contribution in [0.15, 0.2) is 35.3 Å². The smallest absolute Gasteiger partial charge is 0.325 e. The number of esters is 1. The molecule has 0 saturated heterocycles. The number of carbonyl (C=O) groups excluding carboxylic acids is 1. The Morgan fingerprint density at radius 3 is 2.37 bits per heavy atom. The van der Waals surface area contributed by atoms with Crippen LogP contribution in [0.1, 0.15) is 79.4 Å². The SMILES string of the molecule is CC.CCCOC(CC(C)C)Cn1c(-c2cc(C)c(=O)n(C)c2)nc2cc(CNC(C(=O)OCC(C)C)C(C)O)ccc21. The zero-order valence-corrected chi connectivity index (χ0v) is 27.9. The third kappa shape index (κ3) is 10.3. The quantitative estimate of drug-likeness (QED) is 0.219. The molecule has 9 nitrogen and oxygen atoms in total. The van der Waals surface area contributed by atoms with Crippen molar-refractivity contribution in [3.63, 3.8) is 0 Å². The van der Waals surface area contributed by atoms with Crippen molar-refractivity contribution >= 4 is 17.0 Å². The molecule has 0 saturated carbocycles. The highest BCUT2D eigenvalue weighted by molar-refractivity contribution is 5.81. The van der Waals surface area contributed by atoms with Crippen LogP contribution in [-0.2, 0) is 34.4 Å². The first-order valence-corrected chi connectivity index (χ1v) is 15.8. The molecule has 3 unspecified atom stereocenters. The summed E-state index contributed by atoms with van der Waals surface area (Å²) in [4.78, 5) is 30.0. The second-order valence-electron chi connectivity index (χ2n) is 11.9. The van der Waals surface area contributed by atoms with Crippen LogP contribution in [0.2, 0.25) is 0 Å². The highest BCUT2D eigenvalue weighted by Gasteiger charge is 2.25. The molecule has 3 aromatic rings. The molecule has 3 rings (SSSR count). The summed E-state index contributed by atoms with van der Waals surface area (Å²) in [7, 11) is 1.76. The number of aryl methyl sites for hydroxylation is 2. The summed E-state index contributed by atoms with van der Waals surface area (Å²) in [6, 6.07) is 7.10. The van der Waals surface area contributed by atoms with Crippen LogP contribution in [-0.4, -0.2) is 56.7 Å². The number of carbonyl (C=O) groups is 1. The molecule has 2 aromatic heterocycles. The Kier molecular flexibility index (Phi) is 14.6. The average molecular weight is 599 g/mol. The van der Waals surface area contributed by atoms with Gasteiger partial charge >= 0.3 is 5.97 Å². The van der Waals surface area contributed by atoms with Crippen LogP contribution in [0.25, 0.3) is 22.4 Å². The van der Waals surface area contributed by atoms with E-state index in [0.29, 0.717) is 37.8 Å². The second kappa shape index (κ2) is 17.3. The van der Waals surface area contributed by atoms with Gasteiger partial charge in [-0.3, -0.25) is 14.9 Å². The number of fused-ring (bicyclic) bond motifs is 1. The summed E-state index contributed by atoms with van der Waals surface area (Å²) in [5.74, 6) is 0.997. The zero-order chi connectivity index (χ0) is 32.3. The number of nitrogens with one attached hydrogen (secondary N) is 1. The van der Waals surface area contributed by atoms with E-state index in [4.69, 9.17) is 14.5 Å².